The van der Waals surface area contributed by atoms with Gasteiger partial charge in [0.15, 0.2) is 5.82 Å². The minimum absolute atomic E-state index is 0.137. The molecule has 4 rings (SSSR count). The van der Waals surface area contributed by atoms with E-state index in [0.717, 1.165) is 24.5 Å². The Morgan fingerprint density at radius 3 is 2.47 bits per heavy atom. The van der Waals surface area contributed by atoms with Crippen molar-refractivity contribution < 1.29 is 14.0 Å². The van der Waals surface area contributed by atoms with Crippen molar-refractivity contribution in [3.8, 4) is 0 Å². The molecule has 0 atom stereocenters. The van der Waals surface area contributed by atoms with Crippen molar-refractivity contribution in [3.63, 3.8) is 0 Å². The first-order chi connectivity index (χ1) is 17.4. The van der Waals surface area contributed by atoms with Crippen molar-refractivity contribution in [3.05, 3.63) is 76.7 Å². The number of halogens is 2. The third kappa shape index (κ3) is 5.85. The summed E-state index contributed by atoms with van der Waals surface area (Å²) in [6.07, 6.45) is 1.88. The largest absolute Gasteiger partial charge is 0.379 e. The molecule has 0 unspecified atom stereocenters. The number of primary amides is 1. The van der Waals surface area contributed by atoms with Crippen LogP contribution < -0.4 is 21.3 Å². The van der Waals surface area contributed by atoms with Crippen molar-refractivity contribution in [2.45, 2.75) is 19.9 Å². The molecule has 0 spiro atoms. The van der Waals surface area contributed by atoms with Gasteiger partial charge in [0.25, 0.3) is 5.91 Å². The van der Waals surface area contributed by atoms with Gasteiger partial charge in [-0.15, -0.1) is 0 Å². The summed E-state index contributed by atoms with van der Waals surface area (Å²) in [4.78, 5) is 32.3. The summed E-state index contributed by atoms with van der Waals surface area (Å²) in [5.41, 5.74) is 8.48. The number of amides is 2. The second-order valence-corrected chi connectivity index (χ2v) is 8.83. The van der Waals surface area contributed by atoms with Crippen LogP contribution in [0, 0.1) is 5.82 Å². The molecule has 4 N–H and O–H groups in total. The van der Waals surface area contributed by atoms with Crippen LogP contribution in [0.5, 0.6) is 0 Å². The Hall–Kier alpha value is -3.85. The highest BCUT2D eigenvalue weighted by molar-refractivity contribution is 6.36. The lowest BCUT2D eigenvalue weighted by Crippen LogP contribution is -2.48. The highest BCUT2D eigenvalue weighted by atomic mass is 35.5. The molecule has 3 aromatic rings. The van der Waals surface area contributed by atoms with E-state index >= 15 is 0 Å². The van der Waals surface area contributed by atoms with E-state index in [0.29, 0.717) is 36.6 Å². The van der Waals surface area contributed by atoms with Crippen LogP contribution in [0.25, 0.3) is 0 Å². The van der Waals surface area contributed by atoms with Gasteiger partial charge >= 0.3 is 0 Å². The molecule has 10 heteroatoms. The maximum atomic E-state index is 13.5. The van der Waals surface area contributed by atoms with E-state index in [2.05, 4.69) is 20.5 Å². The number of hydrogen-bond donors (Lipinski definition) is 3. The molecule has 8 nitrogen and oxygen atoms in total. The number of hydrogen-bond acceptors (Lipinski definition) is 6. The third-order valence-electron chi connectivity index (χ3n) is 6.07. The van der Waals surface area contributed by atoms with Gasteiger partial charge in [0.05, 0.1) is 11.3 Å². The Kier molecular flexibility index (Phi) is 7.90. The fourth-order valence-corrected chi connectivity index (χ4v) is 4.37. The Labute approximate surface area is 214 Å². The van der Waals surface area contributed by atoms with Crippen molar-refractivity contribution in [1.82, 2.24) is 9.88 Å². The smallest absolute Gasteiger partial charge is 0.252 e. The van der Waals surface area contributed by atoms with Crippen LogP contribution in [0.2, 0.25) is 5.02 Å². The third-order valence-corrected chi connectivity index (χ3v) is 6.44. The number of nitrogens with two attached hydrogens (primary N) is 1. The van der Waals surface area contributed by atoms with Crippen LogP contribution in [-0.2, 0) is 11.3 Å². The molecule has 0 saturated carbocycles. The molecule has 1 aliphatic heterocycles. The highest BCUT2D eigenvalue weighted by Gasteiger charge is 2.20. The number of anilines is 4. The SMILES string of the molecule is CCC(=O)N1CCN(c2ccc(Nc3ncc(C(N)=O)c(NCc4cccc(F)c4)c3Cl)cc2)CC1. The van der Waals surface area contributed by atoms with Gasteiger partial charge in [0.2, 0.25) is 5.91 Å². The molecule has 1 fully saturated rings. The van der Waals surface area contributed by atoms with Crippen LogP contribution in [-0.4, -0.2) is 47.9 Å². The van der Waals surface area contributed by atoms with E-state index in [-0.39, 0.29) is 28.9 Å². The first kappa shape index (κ1) is 25.2. The fourth-order valence-electron chi connectivity index (χ4n) is 4.10. The summed E-state index contributed by atoms with van der Waals surface area (Å²) in [6.45, 7) is 5.11. The van der Waals surface area contributed by atoms with E-state index < -0.39 is 5.91 Å². The summed E-state index contributed by atoms with van der Waals surface area (Å²) in [7, 11) is 0. The van der Waals surface area contributed by atoms with Gasteiger partial charge in [-0.1, -0.05) is 30.7 Å². The quantitative estimate of drug-likeness (QED) is 0.415. The fraction of sp³-hybridized carbons (Fsp3) is 0.269. The second-order valence-electron chi connectivity index (χ2n) is 8.45. The van der Waals surface area contributed by atoms with Gasteiger partial charge in [-0.05, 0) is 42.0 Å². The molecule has 2 amide bonds. The van der Waals surface area contributed by atoms with E-state index in [9.17, 15) is 14.0 Å². The molecule has 1 aromatic heterocycles. The normalized spacial score (nSPS) is 13.4. The number of rotatable bonds is 8. The molecule has 1 aliphatic rings. The predicted molar refractivity (Wildman–Crippen MR) is 140 cm³/mol. The predicted octanol–water partition coefficient (Wildman–Crippen LogP) is 4.39. The Balaban J connectivity index is 1.46. The number of nitrogens with zero attached hydrogens (tertiary/aromatic N) is 3. The minimum atomic E-state index is -0.678. The number of carbonyl (C=O) groups excluding carboxylic acids is 2. The minimum Gasteiger partial charge on any atom is -0.379 e. The number of piperazine rings is 1. The van der Waals surface area contributed by atoms with Crippen molar-refractivity contribution in [2.75, 3.05) is 41.7 Å². The van der Waals surface area contributed by atoms with Crippen molar-refractivity contribution in [2.24, 2.45) is 5.73 Å². The Bertz CT molecular complexity index is 1250. The molecular weight excluding hydrogens is 483 g/mol. The van der Waals surface area contributed by atoms with Gasteiger partial charge in [-0.3, -0.25) is 9.59 Å². The Morgan fingerprint density at radius 2 is 1.83 bits per heavy atom. The number of benzene rings is 2. The summed E-state index contributed by atoms with van der Waals surface area (Å²) in [6, 6.07) is 13.9. The van der Waals surface area contributed by atoms with E-state index in [1.54, 1.807) is 12.1 Å². The first-order valence-electron chi connectivity index (χ1n) is 11.7. The molecule has 1 saturated heterocycles. The lowest BCUT2D eigenvalue weighted by atomic mass is 10.1. The highest BCUT2D eigenvalue weighted by Crippen LogP contribution is 2.34. The summed E-state index contributed by atoms with van der Waals surface area (Å²) in [5.74, 6) is -0.497. The molecule has 0 bridgehead atoms. The van der Waals surface area contributed by atoms with Crippen LogP contribution in [0.3, 0.4) is 0 Å². The molecule has 0 radical (unpaired) electrons. The zero-order valence-electron chi connectivity index (χ0n) is 19.9. The summed E-state index contributed by atoms with van der Waals surface area (Å²) in [5, 5.41) is 6.46. The standard InChI is InChI=1S/C26H28ClFN6O2/c1-2-22(35)34-12-10-33(11-13-34)20-8-6-19(7-9-20)32-26-23(27)24(21(16-31-26)25(29)36)30-15-17-4-3-5-18(28)14-17/h3-9,14,16H,2,10-13,15H2,1H3,(H2,29,36)(H2,30,31,32). The van der Waals surface area contributed by atoms with E-state index in [1.165, 1.54) is 18.3 Å². The number of carbonyl (C=O) groups is 2. The van der Waals surface area contributed by atoms with E-state index in [4.69, 9.17) is 17.3 Å². The molecular formula is C26H28ClFN6O2. The molecule has 2 heterocycles. The number of pyridine rings is 1. The average Bonchev–Trinajstić information content (AvgIpc) is 2.89. The summed E-state index contributed by atoms with van der Waals surface area (Å²) < 4.78 is 13.5. The molecule has 36 heavy (non-hydrogen) atoms. The second kappa shape index (κ2) is 11.3. The van der Waals surface area contributed by atoms with Crippen LogP contribution in [0.4, 0.5) is 27.3 Å². The first-order valence-corrected chi connectivity index (χ1v) is 12.1. The number of aromatic nitrogens is 1. The zero-order valence-corrected chi connectivity index (χ0v) is 20.7. The molecule has 188 valence electrons. The topological polar surface area (TPSA) is 104 Å². The zero-order chi connectivity index (χ0) is 25.7. The van der Waals surface area contributed by atoms with Crippen molar-refractivity contribution >= 4 is 46.3 Å². The van der Waals surface area contributed by atoms with Gasteiger partial charge < -0.3 is 26.2 Å². The van der Waals surface area contributed by atoms with Gasteiger partial charge in [0, 0.05) is 56.7 Å². The van der Waals surface area contributed by atoms with Crippen LogP contribution >= 0.6 is 11.6 Å². The lowest BCUT2D eigenvalue weighted by molar-refractivity contribution is -0.131. The maximum Gasteiger partial charge on any atom is 0.252 e. The molecule has 0 aliphatic carbocycles. The van der Waals surface area contributed by atoms with E-state index in [1.807, 2.05) is 36.1 Å². The van der Waals surface area contributed by atoms with Gasteiger partial charge in [-0.25, -0.2) is 9.37 Å². The van der Waals surface area contributed by atoms with Crippen molar-refractivity contribution in [1.29, 1.82) is 0 Å². The van der Waals surface area contributed by atoms with Crippen LogP contribution in [0.15, 0.2) is 54.7 Å². The van der Waals surface area contributed by atoms with Gasteiger partial charge in [-0.2, -0.15) is 0 Å². The van der Waals surface area contributed by atoms with Crippen LogP contribution in [0.1, 0.15) is 29.3 Å². The van der Waals surface area contributed by atoms with Gasteiger partial charge in [0.1, 0.15) is 10.8 Å². The molecule has 2 aromatic carbocycles. The lowest BCUT2D eigenvalue weighted by Gasteiger charge is -2.36. The number of nitrogens with one attached hydrogen (secondary N) is 2. The monoisotopic (exact) mass is 510 g/mol. The average molecular weight is 511 g/mol. The summed E-state index contributed by atoms with van der Waals surface area (Å²) >= 11 is 6.60. The Morgan fingerprint density at radius 1 is 1.11 bits per heavy atom. The maximum absolute atomic E-state index is 13.5.